The Morgan fingerprint density at radius 3 is 2.89 bits per heavy atom. The minimum atomic E-state index is -0.286. The predicted octanol–water partition coefficient (Wildman–Crippen LogP) is 2.32. The van der Waals surface area contributed by atoms with Crippen LogP contribution in [-0.2, 0) is 16.0 Å². The molecule has 0 aromatic carbocycles. The van der Waals surface area contributed by atoms with Crippen LogP contribution in [0.3, 0.4) is 0 Å². The summed E-state index contributed by atoms with van der Waals surface area (Å²) in [5.74, 6) is -0.270. The number of aryl methyl sites for hydroxylation is 1. The van der Waals surface area contributed by atoms with Crippen LogP contribution in [0.1, 0.15) is 28.0 Å². The highest BCUT2D eigenvalue weighted by molar-refractivity contribution is 7.10. The van der Waals surface area contributed by atoms with Crippen LogP contribution >= 0.6 is 22.7 Å². The zero-order valence-corrected chi connectivity index (χ0v) is 17.6. The average Bonchev–Trinajstić information content (AvgIpc) is 3.34. The summed E-state index contributed by atoms with van der Waals surface area (Å²) in [6.45, 7) is 3.93. The van der Waals surface area contributed by atoms with Gasteiger partial charge in [0, 0.05) is 48.4 Å². The molecule has 2 unspecified atom stereocenters. The van der Waals surface area contributed by atoms with Gasteiger partial charge in [-0.1, -0.05) is 6.07 Å². The Hall–Kier alpha value is -1.77. The van der Waals surface area contributed by atoms with Gasteiger partial charge >= 0.3 is 0 Å². The van der Waals surface area contributed by atoms with Gasteiger partial charge in [-0.25, -0.2) is 4.98 Å². The molecule has 8 heteroatoms. The highest BCUT2D eigenvalue weighted by Gasteiger charge is 2.35. The molecule has 6 nitrogen and oxygen atoms in total. The zero-order valence-electron chi connectivity index (χ0n) is 16.0. The number of likely N-dealkylation sites (tertiary alicyclic amines) is 1. The Morgan fingerprint density at radius 2 is 2.26 bits per heavy atom. The van der Waals surface area contributed by atoms with Crippen molar-refractivity contribution in [3.05, 3.63) is 38.5 Å². The molecule has 0 bridgehead atoms. The second-order valence-corrected chi connectivity index (χ2v) is 9.14. The Balaban J connectivity index is 1.65. The van der Waals surface area contributed by atoms with E-state index in [1.165, 1.54) is 4.88 Å². The number of thiophene rings is 1. The first-order valence-electron chi connectivity index (χ1n) is 9.09. The topological polar surface area (TPSA) is 65.5 Å². The lowest BCUT2D eigenvalue weighted by atomic mass is 10.1. The summed E-state index contributed by atoms with van der Waals surface area (Å²) in [5.41, 5.74) is 0.964. The summed E-state index contributed by atoms with van der Waals surface area (Å²) in [6, 6.07) is 3.94. The highest BCUT2D eigenvalue weighted by Crippen LogP contribution is 2.26. The van der Waals surface area contributed by atoms with Crippen molar-refractivity contribution in [3.63, 3.8) is 0 Å². The smallest absolute Gasteiger partial charge is 0.225 e. The van der Waals surface area contributed by atoms with Crippen LogP contribution in [0.25, 0.3) is 0 Å². The molecule has 0 spiro atoms. The monoisotopic (exact) mass is 406 g/mol. The SMILES string of the molecule is Cc1csc(C(Cc2cccs2)NC(=O)C2CC(=O)N(CCN(C)C)C2)n1. The molecule has 27 heavy (non-hydrogen) atoms. The molecule has 1 N–H and O–H groups in total. The van der Waals surface area contributed by atoms with Gasteiger partial charge < -0.3 is 15.1 Å². The summed E-state index contributed by atoms with van der Waals surface area (Å²) < 4.78 is 0. The molecule has 1 aliphatic rings. The number of carbonyl (C=O) groups is 2. The van der Waals surface area contributed by atoms with Crippen LogP contribution in [-0.4, -0.2) is 60.3 Å². The number of nitrogens with zero attached hydrogens (tertiary/aromatic N) is 3. The van der Waals surface area contributed by atoms with Gasteiger partial charge in [0.15, 0.2) is 0 Å². The van der Waals surface area contributed by atoms with Gasteiger partial charge in [-0.2, -0.15) is 0 Å². The molecule has 2 atom stereocenters. The molecular weight excluding hydrogens is 380 g/mol. The number of hydrogen-bond donors (Lipinski definition) is 1. The molecule has 3 heterocycles. The zero-order chi connectivity index (χ0) is 19.4. The molecule has 2 amide bonds. The number of nitrogens with one attached hydrogen (secondary N) is 1. The number of amides is 2. The quantitative estimate of drug-likeness (QED) is 0.731. The fourth-order valence-electron chi connectivity index (χ4n) is 3.14. The van der Waals surface area contributed by atoms with E-state index in [0.717, 1.165) is 23.7 Å². The van der Waals surface area contributed by atoms with Gasteiger partial charge in [-0.05, 0) is 32.5 Å². The number of likely N-dealkylation sites (N-methyl/N-ethyl adjacent to an activating group) is 1. The van der Waals surface area contributed by atoms with Crippen molar-refractivity contribution < 1.29 is 9.59 Å². The predicted molar refractivity (Wildman–Crippen MR) is 109 cm³/mol. The normalized spacial score (nSPS) is 18.3. The minimum absolute atomic E-state index is 0.0508. The summed E-state index contributed by atoms with van der Waals surface area (Å²) >= 11 is 3.25. The second-order valence-electron chi connectivity index (χ2n) is 7.22. The average molecular weight is 407 g/mol. The maximum Gasteiger partial charge on any atom is 0.225 e. The van der Waals surface area contributed by atoms with Gasteiger partial charge in [0.05, 0.1) is 12.0 Å². The van der Waals surface area contributed by atoms with Gasteiger partial charge in [0.25, 0.3) is 0 Å². The van der Waals surface area contributed by atoms with E-state index in [0.29, 0.717) is 19.5 Å². The maximum atomic E-state index is 12.9. The second kappa shape index (κ2) is 8.95. The molecule has 1 aliphatic heterocycles. The van der Waals surface area contributed by atoms with E-state index in [9.17, 15) is 9.59 Å². The minimum Gasteiger partial charge on any atom is -0.346 e. The molecular formula is C19H26N4O2S2. The van der Waals surface area contributed by atoms with Gasteiger partial charge in [0.2, 0.25) is 11.8 Å². The van der Waals surface area contributed by atoms with Crippen molar-refractivity contribution in [1.29, 1.82) is 0 Å². The standard InChI is InChI=1S/C19H26N4O2S2/c1-13-12-27-19(20-13)16(10-15-5-4-8-26-15)21-18(25)14-9-17(24)23(11-14)7-6-22(2)3/h4-5,8,12,14,16H,6-7,9-11H2,1-3H3,(H,21,25). The van der Waals surface area contributed by atoms with E-state index < -0.39 is 0 Å². The maximum absolute atomic E-state index is 12.9. The summed E-state index contributed by atoms with van der Waals surface area (Å²) in [5, 5.41) is 8.12. The van der Waals surface area contributed by atoms with Crippen LogP contribution in [0.5, 0.6) is 0 Å². The number of hydrogen-bond acceptors (Lipinski definition) is 6. The molecule has 0 aliphatic carbocycles. The molecule has 2 aromatic heterocycles. The van der Waals surface area contributed by atoms with Gasteiger partial charge in [-0.15, -0.1) is 22.7 Å². The van der Waals surface area contributed by atoms with E-state index in [-0.39, 0.29) is 23.8 Å². The molecule has 146 valence electrons. The third kappa shape index (κ3) is 5.37. The van der Waals surface area contributed by atoms with Gasteiger partial charge in [-0.3, -0.25) is 9.59 Å². The molecule has 0 radical (unpaired) electrons. The summed E-state index contributed by atoms with van der Waals surface area (Å²) in [7, 11) is 3.96. The van der Waals surface area contributed by atoms with Crippen LogP contribution in [0.4, 0.5) is 0 Å². The third-order valence-electron chi connectivity index (χ3n) is 4.64. The Morgan fingerprint density at radius 1 is 1.44 bits per heavy atom. The van der Waals surface area contributed by atoms with E-state index in [4.69, 9.17) is 0 Å². The Kier molecular flexibility index (Phi) is 6.62. The lowest BCUT2D eigenvalue weighted by molar-refractivity contribution is -0.129. The van der Waals surface area contributed by atoms with Crippen molar-refractivity contribution >= 4 is 34.5 Å². The Bertz CT molecular complexity index is 773. The first-order chi connectivity index (χ1) is 12.9. The summed E-state index contributed by atoms with van der Waals surface area (Å²) in [4.78, 5) is 34.7. The number of rotatable bonds is 8. The molecule has 3 rings (SSSR count). The lowest BCUT2D eigenvalue weighted by Gasteiger charge is -2.20. The van der Waals surface area contributed by atoms with E-state index in [1.54, 1.807) is 27.6 Å². The highest BCUT2D eigenvalue weighted by atomic mass is 32.1. The van der Waals surface area contributed by atoms with E-state index in [2.05, 4.69) is 16.4 Å². The van der Waals surface area contributed by atoms with Crippen molar-refractivity contribution in [2.45, 2.75) is 25.8 Å². The third-order valence-corrected chi connectivity index (χ3v) is 6.61. The van der Waals surface area contributed by atoms with Crippen molar-refractivity contribution in [1.82, 2.24) is 20.1 Å². The van der Waals surface area contributed by atoms with Crippen LogP contribution in [0, 0.1) is 12.8 Å². The van der Waals surface area contributed by atoms with E-state index in [1.807, 2.05) is 42.7 Å². The first-order valence-corrected chi connectivity index (χ1v) is 10.9. The largest absolute Gasteiger partial charge is 0.346 e. The van der Waals surface area contributed by atoms with Crippen molar-refractivity contribution in [3.8, 4) is 0 Å². The molecule has 1 fully saturated rings. The summed E-state index contributed by atoms with van der Waals surface area (Å²) in [6.07, 6.45) is 1.02. The molecule has 1 saturated heterocycles. The lowest BCUT2D eigenvalue weighted by Crippen LogP contribution is -2.37. The van der Waals surface area contributed by atoms with Crippen LogP contribution in [0.15, 0.2) is 22.9 Å². The van der Waals surface area contributed by atoms with Crippen LogP contribution < -0.4 is 5.32 Å². The fraction of sp³-hybridized carbons (Fsp3) is 0.526. The molecule has 0 saturated carbocycles. The first kappa shape index (κ1) is 20.0. The number of carbonyl (C=O) groups excluding carboxylic acids is 2. The van der Waals surface area contributed by atoms with Crippen LogP contribution in [0.2, 0.25) is 0 Å². The Labute approximate surface area is 168 Å². The number of thiazole rings is 1. The van der Waals surface area contributed by atoms with Crippen molar-refractivity contribution in [2.24, 2.45) is 5.92 Å². The van der Waals surface area contributed by atoms with E-state index >= 15 is 0 Å². The molecule has 2 aromatic rings. The fourth-order valence-corrected chi connectivity index (χ4v) is 4.74. The van der Waals surface area contributed by atoms with Gasteiger partial charge in [0.1, 0.15) is 5.01 Å². The number of aromatic nitrogens is 1. The van der Waals surface area contributed by atoms with Crippen molar-refractivity contribution in [2.75, 3.05) is 33.7 Å².